The van der Waals surface area contributed by atoms with Crippen molar-refractivity contribution in [3.05, 3.63) is 16.3 Å². The Bertz CT molecular complexity index is 271. The van der Waals surface area contributed by atoms with Crippen LogP contribution in [0.4, 0.5) is 0 Å². The lowest BCUT2D eigenvalue weighted by atomic mass is 9.85. The molecule has 2 N–H and O–H groups in total. The van der Waals surface area contributed by atoms with Crippen LogP contribution in [0.3, 0.4) is 0 Å². The highest BCUT2D eigenvalue weighted by Crippen LogP contribution is 2.33. The van der Waals surface area contributed by atoms with Crippen LogP contribution < -0.4 is 5.69 Å². The van der Waals surface area contributed by atoms with Crippen molar-refractivity contribution in [2.24, 2.45) is 0 Å². The summed E-state index contributed by atoms with van der Waals surface area (Å²) in [7, 11) is 0. The molecule has 0 aromatic carbocycles. The van der Waals surface area contributed by atoms with Crippen LogP contribution in [0.1, 0.15) is 31.0 Å². The zero-order chi connectivity index (χ0) is 6.97. The number of hydrogen-bond donors (Lipinski definition) is 2. The summed E-state index contributed by atoms with van der Waals surface area (Å²) < 4.78 is 0. The van der Waals surface area contributed by atoms with E-state index in [4.69, 9.17) is 0 Å². The van der Waals surface area contributed by atoms with Crippen molar-refractivity contribution in [2.45, 2.75) is 25.2 Å². The highest BCUT2D eigenvalue weighted by atomic mass is 16.1. The number of rotatable bonds is 1. The predicted molar refractivity (Wildman–Crippen MR) is 35.8 cm³/mol. The van der Waals surface area contributed by atoms with Crippen molar-refractivity contribution in [1.82, 2.24) is 15.2 Å². The average molecular weight is 139 g/mol. The maximum absolute atomic E-state index is 10.6. The van der Waals surface area contributed by atoms with E-state index in [1.165, 1.54) is 19.3 Å². The van der Waals surface area contributed by atoms with Crippen LogP contribution in [0.2, 0.25) is 0 Å². The van der Waals surface area contributed by atoms with Crippen LogP contribution in [0.25, 0.3) is 0 Å². The minimum Gasteiger partial charge on any atom is -0.293 e. The molecule has 0 unspecified atom stereocenters. The van der Waals surface area contributed by atoms with Crippen LogP contribution in [0, 0.1) is 0 Å². The van der Waals surface area contributed by atoms with Crippen molar-refractivity contribution in [2.75, 3.05) is 0 Å². The number of nitrogens with one attached hydrogen (secondary N) is 2. The van der Waals surface area contributed by atoms with E-state index >= 15 is 0 Å². The van der Waals surface area contributed by atoms with Crippen molar-refractivity contribution in [1.29, 1.82) is 0 Å². The highest BCUT2D eigenvalue weighted by molar-refractivity contribution is 4.97. The van der Waals surface area contributed by atoms with E-state index in [9.17, 15) is 4.79 Å². The summed E-state index contributed by atoms with van der Waals surface area (Å²) in [6.45, 7) is 0. The fraction of sp³-hybridized carbons (Fsp3) is 0.667. The lowest BCUT2D eigenvalue weighted by Crippen LogP contribution is -2.11. The van der Waals surface area contributed by atoms with Gasteiger partial charge in [-0.15, -0.1) is 0 Å². The molecule has 0 atom stereocenters. The van der Waals surface area contributed by atoms with Crippen LogP contribution in [0.15, 0.2) is 4.79 Å². The molecule has 0 saturated heterocycles. The Kier molecular flexibility index (Phi) is 1.12. The maximum Gasteiger partial charge on any atom is 0.340 e. The van der Waals surface area contributed by atoms with E-state index in [1.807, 2.05) is 0 Å². The first-order valence-electron chi connectivity index (χ1n) is 3.51. The van der Waals surface area contributed by atoms with E-state index in [0.717, 1.165) is 5.82 Å². The maximum atomic E-state index is 10.6. The monoisotopic (exact) mass is 139 g/mol. The molecule has 4 nitrogen and oxygen atoms in total. The zero-order valence-corrected chi connectivity index (χ0v) is 5.55. The Morgan fingerprint density at radius 3 is 2.70 bits per heavy atom. The summed E-state index contributed by atoms with van der Waals surface area (Å²) in [6, 6.07) is 0. The topological polar surface area (TPSA) is 61.5 Å². The summed E-state index contributed by atoms with van der Waals surface area (Å²) in [5, 5.41) is 6.20. The normalized spacial score (nSPS) is 18.8. The summed E-state index contributed by atoms with van der Waals surface area (Å²) in [4.78, 5) is 13.2. The molecule has 1 aromatic rings. The Morgan fingerprint density at radius 2 is 2.30 bits per heavy atom. The third-order valence-corrected chi connectivity index (χ3v) is 2.01. The minimum atomic E-state index is -0.193. The van der Waals surface area contributed by atoms with Gasteiger partial charge in [0.1, 0.15) is 5.82 Å². The van der Waals surface area contributed by atoms with Gasteiger partial charge in [-0.2, -0.15) is 5.10 Å². The molecule has 1 aliphatic carbocycles. The fourth-order valence-corrected chi connectivity index (χ4v) is 1.16. The Labute approximate surface area is 57.7 Å². The number of nitrogens with zero attached hydrogens (tertiary/aromatic N) is 1. The van der Waals surface area contributed by atoms with Crippen LogP contribution in [-0.2, 0) is 0 Å². The second-order valence-electron chi connectivity index (χ2n) is 2.69. The van der Waals surface area contributed by atoms with E-state index < -0.39 is 0 Å². The van der Waals surface area contributed by atoms with Crippen molar-refractivity contribution < 1.29 is 0 Å². The van der Waals surface area contributed by atoms with Crippen LogP contribution in [-0.4, -0.2) is 15.2 Å². The fourth-order valence-electron chi connectivity index (χ4n) is 1.16. The molecule has 0 bridgehead atoms. The van der Waals surface area contributed by atoms with Crippen LogP contribution >= 0.6 is 0 Å². The van der Waals surface area contributed by atoms with Gasteiger partial charge in [-0.05, 0) is 12.8 Å². The molecule has 1 fully saturated rings. The summed E-state index contributed by atoms with van der Waals surface area (Å²) in [5.41, 5.74) is -0.193. The van der Waals surface area contributed by atoms with Gasteiger partial charge in [0, 0.05) is 5.92 Å². The van der Waals surface area contributed by atoms with Gasteiger partial charge < -0.3 is 0 Å². The van der Waals surface area contributed by atoms with Crippen molar-refractivity contribution in [3.8, 4) is 0 Å². The molecule has 2 rings (SSSR count). The number of aromatic nitrogens is 3. The second-order valence-corrected chi connectivity index (χ2v) is 2.69. The first-order chi connectivity index (χ1) is 4.86. The molecule has 1 aromatic heterocycles. The van der Waals surface area contributed by atoms with Gasteiger partial charge in [-0.1, -0.05) is 6.42 Å². The van der Waals surface area contributed by atoms with Crippen molar-refractivity contribution >= 4 is 0 Å². The molecule has 1 saturated carbocycles. The van der Waals surface area contributed by atoms with Gasteiger partial charge in [0.2, 0.25) is 0 Å². The van der Waals surface area contributed by atoms with Gasteiger partial charge in [-0.25, -0.2) is 9.89 Å². The van der Waals surface area contributed by atoms with Gasteiger partial charge >= 0.3 is 5.69 Å². The molecule has 0 spiro atoms. The van der Waals surface area contributed by atoms with Gasteiger partial charge in [0.15, 0.2) is 0 Å². The van der Waals surface area contributed by atoms with Crippen LogP contribution in [0.5, 0.6) is 0 Å². The first kappa shape index (κ1) is 5.70. The summed E-state index contributed by atoms with van der Waals surface area (Å²) >= 11 is 0. The predicted octanol–water partition coefficient (Wildman–Crippen LogP) is 0.365. The number of hydrogen-bond acceptors (Lipinski definition) is 2. The largest absolute Gasteiger partial charge is 0.340 e. The zero-order valence-electron chi connectivity index (χ0n) is 5.55. The third kappa shape index (κ3) is 0.761. The quantitative estimate of drug-likeness (QED) is 0.590. The molecule has 4 heteroatoms. The molecule has 54 valence electrons. The molecule has 1 heterocycles. The second kappa shape index (κ2) is 1.97. The van der Waals surface area contributed by atoms with E-state index in [0.29, 0.717) is 5.92 Å². The molecule has 0 aliphatic heterocycles. The smallest absolute Gasteiger partial charge is 0.293 e. The van der Waals surface area contributed by atoms with Gasteiger partial charge in [-0.3, -0.25) is 4.98 Å². The molecular weight excluding hydrogens is 130 g/mol. The number of aromatic amines is 2. The van der Waals surface area contributed by atoms with Crippen molar-refractivity contribution in [3.63, 3.8) is 0 Å². The van der Waals surface area contributed by atoms with E-state index in [1.54, 1.807) is 0 Å². The lowest BCUT2D eigenvalue weighted by Gasteiger charge is -2.21. The standard InChI is InChI=1S/C6H9N3O/c10-6-7-5(8-9-6)4-2-1-3-4/h4H,1-3H2,(H2,7,8,9,10). The number of H-pyrrole nitrogens is 2. The highest BCUT2D eigenvalue weighted by Gasteiger charge is 2.22. The molecule has 10 heavy (non-hydrogen) atoms. The SMILES string of the molecule is O=c1[nH]nc(C2CCC2)[nH]1. The molecule has 1 aliphatic rings. The molecule has 0 radical (unpaired) electrons. The molecule has 0 amide bonds. The average Bonchev–Trinajstić information content (AvgIpc) is 2.10. The minimum absolute atomic E-state index is 0.193. The molecular formula is C6H9N3O. The van der Waals surface area contributed by atoms with Gasteiger partial charge in [0.05, 0.1) is 0 Å². The Hall–Kier alpha value is -1.06. The summed E-state index contributed by atoms with van der Waals surface area (Å²) in [6.07, 6.45) is 3.60. The van der Waals surface area contributed by atoms with E-state index in [2.05, 4.69) is 15.2 Å². The Morgan fingerprint density at radius 1 is 1.50 bits per heavy atom. The summed E-state index contributed by atoms with van der Waals surface area (Å²) in [5.74, 6) is 1.34. The van der Waals surface area contributed by atoms with E-state index in [-0.39, 0.29) is 5.69 Å². The third-order valence-electron chi connectivity index (χ3n) is 2.01. The Balaban J connectivity index is 2.25. The first-order valence-corrected chi connectivity index (χ1v) is 3.51. The van der Waals surface area contributed by atoms with Gasteiger partial charge in [0.25, 0.3) is 0 Å². The lowest BCUT2D eigenvalue weighted by molar-refractivity contribution is 0.402.